The molecule has 1 saturated heterocycles. The van der Waals surface area contributed by atoms with E-state index in [-0.39, 0.29) is 6.61 Å². The predicted molar refractivity (Wildman–Crippen MR) is 102 cm³/mol. The molecule has 4 heteroatoms. The molecule has 1 atom stereocenters. The van der Waals surface area contributed by atoms with Crippen molar-refractivity contribution in [2.45, 2.75) is 26.4 Å². The van der Waals surface area contributed by atoms with Gasteiger partial charge in [0.15, 0.2) is 0 Å². The SMILES string of the molecule is Cc1ccccc1N1CCN(Cc2cc(C#CCO)cs2)[C@H](C)C1. The zero-order chi connectivity index (χ0) is 16.9. The molecule has 3 nitrogen and oxygen atoms in total. The van der Waals surface area contributed by atoms with E-state index in [2.05, 4.69) is 71.2 Å². The fraction of sp³-hybridized carbons (Fsp3) is 0.400. The highest BCUT2D eigenvalue weighted by Gasteiger charge is 2.24. The van der Waals surface area contributed by atoms with Crippen LogP contribution in [0.15, 0.2) is 35.7 Å². The van der Waals surface area contributed by atoms with Crippen molar-refractivity contribution in [3.05, 3.63) is 51.7 Å². The summed E-state index contributed by atoms with van der Waals surface area (Å²) < 4.78 is 0. The van der Waals surface area contributed by atoms with Gasteiger partial charge in [-0.3, -0.25) is 4.90 Å². The molecule has 0 aliphatic carbocycles. The lowest BCUT2D eigenvalue weighted by Gasteiger charge is -2.41. The Morgan fingerprint density at radius 3 is 2.88 bits per heavy atom. The number of aliphatic hydroxyl groups excluding tert-OH is 1. The van der Waals surface area contributed by atoms with Gasteiger partial charge in [0.05, 0.1) is 0 Å². The van der Waals surface area contributed by atoms with Crippen molar-refractivity contribution < 1.29 is 5.11 Å². The number of nitrogens with zero attached hydrogens (tertiary/aromatic N) is 2. The van der Waals surface area contributed by atoms with Gasteiger partial charge >= 0.3 is 0 Å². The van der Waals surface area contributed by atoms with Gasteiger partial charge in [0.1, 0.15) is 6.61 Å². The van der Waals surface area contributed by atoms with Gasteiger partial charge in [-0.05, 0) is 31.5 Å². The lowest BCUT2D eigenvalue weighted by Crippen LogP contribution is -2.51. The highest BCUT2D eigenvalue weighted by molar-refractivity contribution is 7.10. The first kappa shape index (κ1) is 17.0. The standard InChI is InChI=1S/C20H24N2OS/c1-16-6-3-4-8-20(16)22-10-9-21(17(2)13-22)14-19-12-18(15-24-19)7-5-11-23/h3-4,6,8,12,15,17,23H,9-11,13-14H2,1-2H3/t17-/m1/s1. The molecule has 0 radical (unpaired) electrons. The lowest BCUT2D eigenvalue weighted by molar-refractivity contribution is 0.182. The van der Waals surface area contributed by atoms with Crippen molar-refractivity contribution in [2.24, 2.45) is 0 Å². The van der Waals surface area contributed by atoms with Crippen LogP contribution in [0.2, 0.25) is 0 Å². The molecule has 0 unspecified atom stereocenters. The molecule has 2 aromatic rings. The van der Waals surface area contributed by atoms with Crippen molar-refractivity contribution in [3.8, 4) is 11.8 Å². The molecule has 24 heavy (non-hydrogen) atoms. The Balaban J connectivity index is 1.62. The summed E-state index contributed by atoms with van der Waals surface area (Å²) in [6, 6.07) is 11.3. The minimum absolute atomic E-state index is 0.0803. The van der Waals surface area contributed by atoms with Crippen LogP contribution in [0, 0.1) is 18.8 Å². The average Bonchev–Trinajstić information content (AvgIpc) is 3.03. The molecule has 1 N–H and O–H groups in total. The molecular weight excluding hydrogens is 316 g/mol. The van der Waals surface area contributed by atoms with E-state index >= 15 is 0 Å². The Kier molecular flexibility index (Phi) is 5.57. The quantitative estimate of drug-likeness (QED) is 0.870. The maximum atomic E-state index is 8.79. The molecule has 0 amide bonds. The molecule has 0 spiro atoms. The number of rotatable bonds is 3. The van der Waals surface area contributed by atoms with Crippen LogP contribution < -0.4 is 4.90 Å². The van der Waals surface area contributed by atoms with E-state index in [1.165, 1.54) is 16.1 Å². The maximum absolute atomic E-state index is 8.79. The fourth-order valence-electron chi connectivity index (χ4n) is 3.24. The molecule has 0 saturated carbocycles. The van der Waals surface area contributed by atoms with Gasteiger partial charge in [-0.25, -0.2) is 0 Å². The summed E-state index contributed by atoms with van der Waals surface area (Å²) >= 11 is 1.76. The van der Waals surface area contributed by atoms with Gasteiger partial charge in [0, 0.05) is 53.7 Å². The van der Waals surface area contributed by atoms with E-state index in [4.69, 9.17) is 5.11 Å². The highest BCUT2D eigenvalue weighted by Crippen LogP contribution is 2.24. The van der Waals surface area contributed by atoms with E-state index < -0.39 is 0 Å². The van der Waals surface area contributed by atoms with Gasteiger partial charge in [-0.2, -0.15) is 0 Å². The van der Waals surface area contributed by atoms with E-state index in [0.29, 0.717) is 6.04 Å². The van der Waals surface area contributed by atoms with Crippen LogP contribution in [-0.2, 0) is 6.54 Å². The van der Waals surface area contributed by atoms with Crippen LogP contribution in [-0.4, -0.2) is 42.3 Å². The Hall–Kier alpha value is -1.80. The summed E-state index contributed by atoms with van der Waals surface area (Å²) in [5, 5.41) is 10.9. The average molecular weight is 340 g/mol. The molecule has 1 aliphatic rings. The number of aryl methyl sites for hydroxylation is 1. The number of hydrogen-bond donors (Lipinski definition) is 1. The third-order valence-corrected chi connectivity index (χ3v) is 5.47. The summed E-state index contributed by atoms with van der Waals surface area (Å²) in [6.45, 7) is 8.60. The number of para-hydroxylation sites is 1. The lowest BCUT2D eigenvalue weighted by atomic mass is 10.1. The minimum atomic E-state index is -0.0803. The second kappa shape index (κ2) is 7.85. The largest absolute Gasteiger partial charge is 0.384 e. The third-order valence-electron chi connectivity index (χ3n) is 4.55. The topological polar surface area (TPSA) is 26.7 Å². The van der Waals surface area contributed by atoms with E-state index in [0.717, 1.165) is 31.7 Å². The van der Waals surface area contributed by atoms with Crippen LogP contribution in [0.4, 0.5) is 5.69 Å². The van der Waals surface area contributed by atoms with E-state index in [1.54, 1.807) is 11.3 Å². The Morgan fingerprint density at radius 1 is 1.29 bits per heavy atom. The smallest absolute Gasteiger partial charge is 0.104 e. The number of piperazine rings is 1. The fourth-order valence-corrected chi connectivity index (χ4v) is 4.08. The second-order valence-electron chi connectivity index (χ2n) is 6.31. The zero-order valence-electron chi connectivity index (χ0n) is 14.3. The summed E-state index contributed by atoms with van der Waals surface area (Å²) in [7, 11) is 0. The Bertz CT molecular complexity index is 743. The number of anilines is 1. The predicted octanol–water partition coefficient (Wildman–Crippen LogP) is 3.11. The first-order valence-corrected chi connectivity index (χ1v) is 9.27. The first-order chi connectivity index (χ1) is 11.7. The number of thiophene rings is 1. The summed E-state index contributed by atoms with van der Waals surface area (Å²) in [5.41, 5.74) is 3.72. The molecule has 1 aliphatic heterocycles. The molecule has 1 aromatic carbocycles. The van der Waals surface area contributed by atoms with E-state index in [9.17, 15) is 0 Å². The first-order valence-electron chi connectivity index (χ1n) is 8.39. The Labute approximate surface area is 148 Å². The molecule has 2 heterocycles. The van der Waals surface area contributed by atoms with Gasteiger partial charge < -0.3 is 10.0 Å². The van der Waals surface area contributed by atoms with Crippen molar-refractivity contribution >= 4 is 17.0 Å². The summed E-state index contributed by atoms with van der Waals surface area (Å²) in [6.07, 6.45) is 0. The van der Waals surface area contributed by atoms with Gasteiger partial charge in [-0.1, -0.05) is 30.0 Å². The third kappa shape index (κ3) is 3.99. The minimum Gasteiger partial charge on any atom is -0.384 e. The number of aliphatic hydroxyl groups is 1. The van der Waals surface area contributed by atoms with Crippen molar-refractivity contribution in [2.75, 3.05) is 31.1 Å². The monoisotopic (exact) mass is 340 g/mol. The van der Waals surface area contributed by atoms with Gasteiger partial charge in [0.25, 0.3) is 0 Å². The van der Waals surface area contributed by atoms with Crippen molar-refractivity contribution in [1.82, 2.24) is 4.90 Å². The van der Waals surface area contributed by atoms with Gasteiger partial charge in [0.2, 0.25) is 0 Å². The number of hydrogen-bond acceptors (Lipinski definition) is 4. The molecule has 1 fully saturated rings. The molecule has 1 aromatic heterocycles. The van der Waals surface area contributed by atoms with Crippen LogP contribution in [0.25, 0.3) is 0 Å². The van der Waals surface area contributed by atoms with Crippen LogP contribution in [0.3, 0.4) is 0 Å². The summed E-state index contributed by atoms with van der Waals surface area (Å²) in [4.78, 5) is 6.39. The Morgan fingerprint density at radius 2 is 2.12 bits per heavy atom. The molecule has 3 rings (SSSR count). The van der Waals surface area contributed by atoms with Crippen molar-refractivity contribution in [3.63, 3.8) is 0 Å². The maximum Gasteiger partial charge on any atom is 0.104 e. The number of benzene rings is 1. The normalized spacial score (nSPS) is 18.3. The van der Waals surface area contributed by atoms with Crippen LogP contribution >= 0.6 is 11.3 Å². The molecule has 0 bridgehead atoms. The zero-order valence-corrected chi connectivity index (χ0v) is 15.1. The van der Waals surface area contributed by atoms with Crippen LogP contribution in [0.5, 0.6) is 0 Å². The highest BCUT2D eigenvalue weighted by atomic mass is 32.1. The summed E-state index contributed by atoms with van der Waals surface area (Å²) in [5.74, 6) is 5.69. The molecular formula is C20H24N2OS. The van der Waals surface area contributed by atoms with Crippen LogP contribution in [0.1, 0.15) is 22.9 Å². The second-order valence-corrected chi connectivity index (χ2v) is 7.31. The van der Waals surface area contributed by atoms with Crippen molar-refractivity contribution in [1.29, 1.82) is 0 Å². The van der Waals surface area contributed by atoms with Gasteiger partial charge in [-0.15, -0.1) is 11.3 Å². The molecule has 126 valence electrons. The van der Waals surface area contributed by atoms with E-state index in [1.807, 2.05) is 0 Å².